The monoisotopic (exact) mass is 300 g/mol. The SMILES string of the molecule is CCCCN(CCCC)C(=O)NC(C)(C)C(C)(C)C(=O)O. The van der Waals surface area contributed by atoms with E-state index in [4.69, 9.17) is 0 Å². The topological polar surface area (TPSA) is 69.6 Å². The van der Waals surface area contributed by atoms with Crippen LogP contribution in [0.25, 0.3) is 0 Å². The van der Waals surface area contributed by atoms with Crippen molar-refractivity contribution in [2.75, 3.05) is 13.1 Å². The lowest BCUT2D eigenvalue weighted by molar-refractivity contribution is -0.150. The number of aliphatic carboxylic acids is 1. The molecule has 0 atom stereocenters. The van der Waals surface area contributed by atoms with Crippen LogP contribution in [0.1, 0.15) is 67.2 Å². The number of hydrogen-bond acceptors (Lipinski definition) is 2. The average Bonchev–Trinajstić information content (AvgIpc) is 2.37. The van der Waals surface area contributed by atoms with Gasteiger partial charge in [-0.2, -0.15) is 0 Å². The summed E-state index contributed by atoms with van der Waals surface area (Å²) in [6, 6.07) is -0.170. The van der Waals surface area contributed by atoms with E-state index < -0.39 is 16.9 Å². The Balaban J connectivity index is 4.90. The molecule has 0 aromatic rings. The highest BCUT2D eigenvalue weighted by Crippen LogP contribution is 2.30. The highest BCUT2D eigenvalue weighted by molar-refractivity contribution is 5.79. The maximum atomic E-state index is 12.5. The van der Waals surface area contributed by atoms with Crippen LogP contribution in [0.4, 0.5) is 4.79 Å². The van der Waals surface area contributed by atoms with Crippen LogP contribution in [0.3, 0.4) is 0 Å². The van der Waals surface area contributed by atoms with Crippen LogP contribution in [0.15, 0.2) is 0 Å². The number of nitrogens with one attached hydrogen (secondary N) is 1. The third kappa shape index (κ3) is 5.56. The molecule has 0 heterocycles. The molecule has 21 heavy (non-hydrogen) atoms. The van der Waals surface area contributed by atoms with Gasteiger partial charge in [-0.05, 0) is 40.5 Å². The van der Waals surface area contributed by atoms with E-state index in [1.54, 1.807) is 32.6 Å². The molecule has 2 amide bonds. The number of amides is 2. The molecule has 0 unspecified atom stereocenters. The number of rotatable bonds is 9. The standard InChI is InChI=1S/C16H32N2O3/c1-7-9-11-18(12-10-8-2)14(21)17-16(5,6)15(3,4)13(19)20/h7-12H2,1-6H3,(H,17,21)(H,19,20). The summed E-state index contributed by atoms with van der Waals surface area (Å²) >= 11 is 0. The highest BCUT2D eigenvalue weighted by atomic mass is 16.4. The Bertz CT molecular complexity index is 343. The minimum atomic E-state index is -1.04. The molecular formula is C16H32N2O3. The van der Waals surface area contributed by atoms with Gasteiger partial charge in [0.05, 0.1) is 11.0 Å². The van der Waals surface area contributed by atoms with Crippen molar-refractivity contribution in [3.63, 3.8) is 0 Å². The number of unbranched alkanes of at least 4 members (excludes halogenated alkanes) is 2. The van der Waals surface area contributed by atoms with Gasteiger partial charge in [-0.1, -0.05) is 26.7 Å². The van der Waals surface area contributed by atoms with Gasteiger partial charge in [0.25, 0.3) is 0 Å². The van der Waals surface area contributed by atoms with Gasteiger partial charge in [0.2, 0.25) is 0 Å². The molecule has 5 nitrogen and oxygen atoms in total. The van der Waals surface area contributed by atoms with Crippen LogP contribution in [-0.4, -0.2) is 40.6 Å². The Kier molecular flexibility index (Phi) is 7.75. The summed E-state index contributed by atoms with van der Waals surface area (Å²) in [4.78, 5) is 25.7. The van der Waals surface area contributed by atoms with Crippen LogP contribution < -0.4 is 5.32 Å². The summed E-state index contributed by atoms with van der Waals surface area (Å²) in [5.74, 6) is -0.915. The van der Waals surface area contributed by atoms with Gasteiger partial charge < -0.3 is 15.3 Å². The second kappa shape index (κ2) is 8.25. The van der Waals surface area contributed by atoms with Crippen LogP contribution in [0.5, 0.6) is 0 Å². The van der Waals surface area contributed by atoms with Gasteiger partial charge in [0, 0.05) is 13.1 Å². The van der Waals surface area contributed by atoms with E-state index in [1.807, 2.05) is 0 Å². The van der Waals surface area contributed by atoms with Crippen molar-refractivity contribution in [2.45, 2.75) is 72.8 Å². The largest absolute Gasteiger partial charge is 0.481 e. The minimum Gasteiger partial charge on any atom is -0.481 e. The molecule has 0 bridgehead atoms. The van der Waals surface area contributed by atoms with Crippen molar-refractivity contribution >= 4 is 12.0 Å². The maximum absolute atomic E-state index is 12.5. The molecule has 0 aromatic heterocycles. The van der Waals surface area contributed by atoms with E-state index in [0.717, 1.165) is 25.7 Å². The number of carbonyl (C=O) groups excluding carboxylic acids is 1. The molecule has 0 saturated carbocycles. The summed E-state index contributed by atoms with van der Waals surface area (Å²) < 4.78 is 0. The average molecular weight is 300 g/mol. The molecule has 0 saturated heterocycles. The smallest absolute Gasteiger partial charge is 0.317 e. The third-order valence-corrected chi connectivity index (χ3v) is 4.37. The molecule has 0 aliphatic rings. The highest BCUT2D eigenvalue weighted by Gasteiger charge is 2.44. The van der Waals surface area contributed by atoms with Crippen molar-refractivity contribution in [2.24, 2.45) is 5.41 Å². The van der Waals surface area contributed by atoms with Crippen LogP contribution in [-0.2, 0) is 4.79 Å². The van der Waals surface area contributed by atoms with Crippen LogP contribution in [0.2, 0.25) is 0 Å². The summed E-state index contributed by atoms with van der Waals surface area (Å²) in [6.07, 6.45) is 3.97. The summed E-state index contributed by atoms with van der Waals surface area (Å²) in [6.45, 7) is 12.4. The predicted molar refractivity (Wildman–Crippen MR) is 85.4 cm³/mol. The van der Waals surface area contributed by atoms with Crippen molar-refractivity contribution in [1.29, 1.82) is 0 Å². The Morgan fingerprint density at radius 1 is 1.00 bits per heavy atom. The van der Waals surface area contributed by atoms with Gasteiger partial charge >= 0.3 is 12.0 Å². The molecule has 0 aliphatic heterocycles. The second-order valence-electron chi connectivity index (χ2n) is 6.68. The molecule has 5 heteroatoms. The first-order valence-corrected chi connectivity index (χ1v) is 7.90. The number of hydrogen-bond donors (Lipinski definition) is 2. The Morgan fingerprint density at radius 2 is 1.43 bits per heavy atom. The van der Waals surface area contributed by atoms with Gasteiger partial charge in [-0.25, -0.2) is 4.79 Å². The van der Waals surface area contributed by atoms with E-state index in [2.05, 4.69) is 19.2 Å². The zero-order chi connectivity index (χ0) is 16.7. The third-order valence-electron chi connectivity index (χ3n) is 4.37. The molecule has 0 radical (unpaired) electrons. The molecular weight excluding hydrogens is 268 g/mol. The normalized spacial score (nSPS) is 12.1. The fraction of sp³-hybridized carbons (Fsp3) is 0.875. The van der Waals surface area contributed by atoms with Gasteiger partial charge in [0.1, 0.15) is 0 Å². The van der Waals surface area contributed by atoms with E-state index >= 15 is 0 Å². The Labute approximate surface area is 129 Å². The van der Waals surface area contributed by atoms with Gasteiger partial charge in [-0.3, -0.25) is 4.79 Å². The van der Waals surface area contributed by atoms with Gasteiger partial charge in [0.15, 0.2) is 0 Å². The maximum Gasteiger partial charge on any atom is 0.317 e. The lowest BCUT2D eigenvalue weighted by Crippen LogP contribution is -2.59. The lowest BCUT2D eigenvalue weighted by atomic mass is 9.74. The minimum absolute atomic E-state index is 0.170. The van der Waals surface area contributed by atoms with E-state index in [9.17, 15) is 14.7 Å². The zero-order valence-corrected chi connectivity index (χ0v) is 14.5. The molecule has 0 rings (SSSR count). The van der Waals surface area contributed by atoms with Crippen molar-refractivity contribution in [1.82, 2.24) is 10.2 Å². The first-order valence-electron chi connectivity index (χ1n) is 7.90. The number of carbonyl (C=O) groups is 2. The fourth-order valence-corrected chi connectivity index (χ4v) is 1.78. The van der Waals surface area contributed by atoms with E-state index in [0.29, 0.717) is 13.1 Å². The van der Waals surface area contributed by atoms with Crippen LogP contribution >= 0.6 is 0 Å². The zero-order valence-electron chi connectivity index (χ0n) is 14.5. The molecule has 124 valence electrons. The van der Waals surface area contributed by atoms with Crippen molar-refractivity contribution < 1.29 is 14.7 Å². The fourth-order valence-electron chi connectivity index (χ4n) is 1.78. The molecule has 0 fully saturated rings. The van der Waals surface area contributed by atoms with E-state index in [-0.39, 0.29) is 6.03 Å². The predicted octanol–water partition coefficient (Wildman–Crippen LogP) is 3.49. The first kappa shape index (κ1) is 19.7. The summed E-state index contributed by atoms with van der Waals surface area (Å²) in [5.41, 5.74) is -1.86. The molecule has 2 N–H and O–H groups in total. The summed E-state index contributed by atoms with van der Waals surface area (Å²) in [7, 11) is 0. The summed E-state index contributed by atoms with van der Waals surface area (Å²) in [5, 5.41) is 12.2. The lowest BCUT2D eigenvalue weighted by Gasteiger charge is -2.40. The van der Waals surface area contributed by atoms with E-state index in [1.165, 1.54) is 0 Å². The number of urea groups is 1. The molecule has 0 aliphatic carbocycles. The molecule has 0 spiro atoms. The number of nitrogens with zero attached hydrogens (tertiary/aromatic N) is 1. The second-order valence-corrected chi connectivity index (χ2v) is 6.68. The molecule has 0 aromatic carbocycles. The van der Waals surface area contributed by atoms with Crippen molar-refractivity contribution in [3.8, 4) is 0 Å². The quantitative estimate of drug-likeness (QED) is 0.685. The first-order chi connectivity index (χ1) is 9.60. The van der Waals surface area contributed by atoms with Gasteiger partial charge in [-0.15, -0.1) is 0 Å². The Morgan fingerprint density at radius 3 is 1.76 bits per heavy atom. The van der Waals surface area contributed by atoms with Crippen LogP contribution in [0, 0.1) is 5.41 Å². The Hall–Kier alpha value is -1.26. The number of carboxylic acid groups (broad SMARTS) is 1. The van der Waals surface area contributed by atoms with Crippen molar-refractivity contribution in [3.05, 3.63) is 0 Å². The number of carboxylic acids is 1.